The van der Waals surface area contributed by atoms with Gasteiger partial charge in [-0.3, -0.25) is 4.79 Å². The summed E-state index contributed by atoms with van der Waals surface area (Å²) in [6, 6.07) is 13.1. The number of rotatable bonds is 8. The van der Waals surface area contributed by atoms with Gasteiger partial charge in [0.2, 0.25) is 0 Å². The molecule has 114 valence electrons. The summed E-state index contributed by atoms with van der Waals surface area (Å²) in [5.74, 6) is 0.372. The Balaban J connectivity index is 1.68. The smallest absolute Gasteiger partial charge is 0.335 e. The van der Waals surface area contributed by atoms with Crippen LogP contribution in [-0.4, -0.2) is 30.6 Å². The highest BCUT2D eigenvalue weighted by Gasteiger charge is 2.02. The van der Waals surface area contributed by atoms with Crippen LogP contribution >= 0.6 is 0 Å². The van der Waals surface area contributed by atoms with Gasteiger partial charge < -0.3 is 14.6 Å². The Hall–Kier alpha value is -2.82. The molecule has 5 nitrogen and oxygen atoms in total. The van der Waals surface area contributed by atoms with Gasteiger partial charge in [0, 0.05) is 12.0 Å². The van der Waals surface area contributed by atoms with Crippen molar-refractivity contribution in [2.45, 2.75) is 6.42 Å². The van der Waals surface area contributed by atoms with Gasteiger partial charge in [-0.1, -0.05) is 0 Å². The van der Waals surface area contributed by atoms with Gasteiger partial charge in [-0.15, -0.1) is 0 Å². The Bertz CT molecular complexity index is 617. The number of carbonyl (C=O) groups excluding carboxylic acids is 1. The molecule has 0 saturated carbocycles. The van der Waals surface area contributed by atoms with Gasteiger partial charge in [0.25, 0.3) is 0 Å². The van der Waals surface area contributed by atoms with Crippen molar-refractivity contribution in [3.8, 4) is 11.5 Å². The number of ether oxygens (including phenoxy) is 2. The van der Waals surface area contributed by atoms with E-state index in [-0.39, 0.29) is 5.56 Å². The van der Waals surface area contributed by atoms with Crippen molar-refractivity contribution in [2.75, 3.05) is 13.2 Å². The van der Waals surface area contributed by atoms with Crippen molar-refractivity contribution in [3.63, 3.8) is 0 Å². The van der Waals surface area contributed by atoms with E-state index in [0.717, 1.165) is 6.29 Å². The summed E-state index contributed by atoms with van der Waals surface area (Å²) in [6.07, 6.45) is 1.48. The van der Waals surface area contributed by atoms with Gasteiger partial charge in [-0.2, -0.15) is 0 Å². The van der Waals surface area contributed by atoms with Gasteiger partial charge >= 0.3 is 5.97 Å². The number of hydrogen-bond acceptors (Lipinski definition) is 4. The monoisotopic (exact) mass is 300 g/mol. The fraction of sp³-hybridized carbons (Fsp3) is 0.176. The standard InChI is InChI=1S/C17H16O5/c18-12-13-2-6-15(7-3-13)21-10-1-11-22-16-8-4-14(5-9-16)17(19)20/h2-9,12H,1,10-11H2,(H,19,20). The first-order chi connectivity index (χ1) is 10.7. The highest BCUT2D eigenvalue weighted by Crippen LogP contribution is 2.13. The van der Waals surface area contributed by atoms with Crippen LogP contribution in [0.1, 0.15) is 27.1 Å². The lowest BCUT2D eigenvalue weighted by Gasteiger charge is -2.08. The summed E-state index contributed by atoms with van der Waals surface area (Å²) in [4.78, 5) is 21.2. The molecule has 1 N–H and O–H groups in total. The first-order valence-electron chi connectivity index (χ1n) is 6.83. The average Bonchev–Trinajstić information content (AvgIpc) is 2.55. The zero-order chi connectivity index (χ0) is 15.8. The minimum Gasteiger partial charge on any atom is -0.493 e. The predicted molar refractivity (Wildman–Crippen MR) is 80.8 cm³/mol. The molecular weight excluding hydrogens is 284 g/mol. The average molecular weight is 300 g/mol. The first kappa shape index (κ1) is 15.6. The molecular formula is C17H16O5. The van der Waals surface area contributed by atoms with Crippen LogP contribution in [0.15, 0.2) is 48.5 Å². The summed E-state index contributed by atoms with van der Waals surface area (Å²) in [5.41, 5.74) is 0.843. The van der Waals surface area contributed by atoms with Gasteiger partial charge in [-0.25, -0.2) is 4.79 Å². The highest BCUT2D eigenvalue weighted by molar-refractivity contribution is 5.87. The second-order valence-electron chi connectivity index (χ2n) is 4.57. The van der Waals surface area contributed by atoms with Gasteiger partial charge in [0.05, 0.1) is 18.8 Å². The zero-order valence-corrected chi connectivity index (χ0v) is 11.9. The molecule has 2 rings (SSSR count). The molecule has 5 heteroatoms. The van der Waals surface area contributed by atoms with Crippen LogP contribution in [0, 0.1) is 0 Å². The van der Waals surface area contributed by atoms with E-state index in [9.17, 15) is 9.59 Å². The normalized spacial score (nSPS) is 10.0. The number of carbonyl (C=O) groups is 2. The Kier molecular flexibility index (Phi) is 5.54. The molecule has 0 heterocycles. The second-order valence-corrected chi connectivity index (χ2v) is 4.57. The van der Waals surface area contributed by atoms with E-state index in [1.54, 1.807) is 36.4 Å². The largest absolute Gasteiger partial charge is 0.493 e. The lowest BCUT2D eigenvalue weighted by Crippen LogP contribution is -2.05. The Labute approximate surface area is 128 Å². The molecule has 0 atom stereocenters. The molecule has 0 aromatic heterocycles. The Morgan fingerprint density at radius 1 is 0.909 bits per heavy atom. The van der Waals surface area contributed by atoms with Gasteiger partial charge in [0.1, 0.15) is 17.8 Å². The minimum absolute atomic E-state index is 0.231. The molecule has 0 saturated heterocycles. The maximum atomic E-state index is 10.7. The number of carboxylic acids is 1. The lowest BCUT2D eigenvalue weighted by molar-refractivity contribution is 0.0696. The molecule has 0 unspecified atom stereocenters. The fourth-order valence-corrected chi connectivity index (χ4v) is 1.78. The third-order valence-electron chi connectivity index (χ3n) is 2.94. The second kappa shape index (κ2) is 7.83. The summed E-state index contributed by atoms with van der Waals surface area (Å²) in [6.45, 7) is 0.965. The summed E-state index contributed by atoms with van der Waals surface area (Å²) in [7, 11) is 0. The predicted octanol–water partition coefficient (Wildman–Crippen LogP) is 3.05. The lowest BCUT2D eigenvalue weighted by atomic mass is 10.2. The van der Waals surface area contributed by atoms with Crippen molar-refractivity contribution in [3.05, 3.63) is 59.7 Å². The van der Waals surface area contributed by atoms with Gasteiger partial charge in [0.15, 0.2) is 0 Å². The van der Waals surface area contributed by atoms with Crippen LogP contribution in [0.3, 0.4) is 0 Å². The van der Waals surface area contributed by atoms with E-state index in [0.29, 0.717) is 36.7 Å². The summed E-state index contributed by atoms with van der Waals surface area (Å²) >= 11 is 0. The molecule has 0 aliphatic rings. The third kappa shape index (κ3) is 4.63. The van der Waals surface area contributed by atoms with Crippen LogP contribution < -0.4 is 9.47 Å². The summed E-state index contributed by atoms with van der Waals surface area (Å²) in [5, 5.41) is 8.79. The van der Waals surface area contributed by atoms with Crippen LogP contribution in [0.2, 0.25) is 0 Å². The van der Waals surface area contributed by atoms with E-state index in [1.165, 1.54) is 12.1 Å². The number of aromatic carboxylic acids is 1. The van der Waals surface area contributed by atoms with Crippen molar-refractivity contribution in [1.29, 1.82) is 0 Å². The first-order valence-corrected chi connectivity index (χ1v) is 6.83. The van der Waals surface area contributed by atoms with E-state index < -0.39 is 5.97 Å². The topological polar surface area (TPSA) is 72.8 Å². The molecule has 2 aromatic carbocycles. The SMILES string of the molecule is O=Cc1ccc(OCCCOc2ccc(C(=O)O)cc2)cc1. The molecule has 0 bridgehead atoms. The van der Waals surface area contributed by atoms with Crippen LogP contribution in [0.4, 0.5) is 0 Å². The summed E-state index contributed by atoms with van der Waals surface area (Å²) < 4.78 is 11.0. The molecule has 0 fully saturated rings. The van der Waals surface area contributed by atoms with E-state index in [4.69, 9.17) is 14.6 Å². The van der Waals surface area contributed by atoms with Crippen molar-refractivity contribution in [2.24, 2.45) is 0 Å². The van der Waals surface area contributed by atoms with E-state index in [2.05, 4.69) is 0 Å². The molecule has 0 aliphatic heterocycles. The maximum Gasteiger partial charge on any atom is 0.335 e. The van der Waals surface area contributed by atoms with E-state index >= 15 is 0 Å². The molecule has 0 spiro atoms. The minimum atomic E-state index is -0.958. The number of hydrogen-bond donors (Lipinski definition) is 1. The molecule has 0 aliphatic carbocycles. The Morgan fingerprint density at radius 2 is 1.41 bits per heavy atom. The molecule has 0 radical (unpaired) electrons. The van der Waals surface area contributed by atoms with Crippen molar-refractivity contribution in [1.82, 2.24) is 0 Å². The van der Waals surface area contributed by atoms with Crippen molar-refractivity contribution < 1.29 is 24.2 Å². The maximum absolute atomic E-state index is 10.7. The van der Waals surface area contributed by atoms with Gasteiger partial charge in [-0.05, 0) is 48.5 Å². The highest BCUT2D eigenvalue weighted by atomic mass is 16.5. The van der Waals surface area contributed by atoms with Crippen LogP contribution in [-0.2, 0) is 0 Å². The van der Waals surface area contributed by atoms with E-state index in [1.807, 2.05) is 0 Å². The zero-order valence-electron chi connectivity index (χ0n) is 11.9. The van der Waals surface area contributed by atoms with Crippen LogP contribution in [0.5, 0.6) is 11.5 Å². The fourth-order valence-electron chi connectivity index (χ4n) is 1.78. The van der Waals surface area contributed by atoms with Crippen LogP contribution in [0.25, 0.3) is 0 Å². The quantitative estimate of drug-likeness (QED) is 0.599. The number of carboxylic acid groups (broad SMARTS) is 1. The molecule has 0 amide bonds. The number of aldehydes is 1. The number of benzene rings is 2. The van der Waals surface area contributed by atoms with Crippen molar-refractivity contribution >= 4 is 12.3 Å². The third-order valence-corrected chi connectivity index (χ3v) is 2.94. The Morgan fingerprint density at radius 3 is 1.86 bits per heavy atom. The molecule has 22 heavy (non-hydrogen) atoms. The molecule has 2 aromatic rings.